The molecule has 5 nitrogen and oxygen atoms in total. The molecule has 26 heavy (non-hydrogen) atoms. The van der Waals surface area contributed by atoms with E-state index in [2.05, 4.69) is 0 Å². The number of nitrogens with zero attached hydrogens (tertiary/aromatic N) is 2. The van der Waals surface area contributed by atoms with Gasteiger partial charge in [-0.25, -0.2) is 4.39 Å². The molecule has 0 atom stereocenters. The summed E-state index contributed by atoms with van der Waals surface area (Å²) in [4.78, 5) is 28.5. The van der Waals surface area contributed by atoms with Crippen LogP contribution in [0.4, 0.5) is 4.39 Å². The molecule has 0 aromatic heterocycles. The molecule has 2 aromatic rings. The maximum atomic E-state index is 13.8. The minimum absolute atomic E-state index is 0.0312. The van der Waals surface area contributed by atoms with Crippen LogP contribution in [0.2, 0.25) is 0 Å². The fraction of sp³-hybridized carbons (Fsp3) is 0.300. The molecule has 0 aliphatic carbocycles. The van der Waals surface area contributed by atoms with Gasteiger partial charge >= 0.3 is 0 Å². The van der Waals surface area contributed by atoms with Crippen LogP contribution in [0, 0.1) is 12.7 Å². The molecule has 2 aromatic carbocycles. The van der Waals surface area contributed by atoms with Crippen molar-refractivity contribution in [3.05, 3.63) is 65.0 Å². The SMILES string of the molecule is COc1ccc(C(=O)N2CCN(C(=O)c3cccc(C)c3)CC2)cc1F. The van der Waals surface area contributed by atoms with Gasteiger partial charge in [0.25, 0.3) is 11.8 Å². The first-order valence-corrected chi connectivity index (χ1v) is 8.48. The van der Waals surface area contributed by atoms with Gasteiger partial charge in [0.15, 0.2) is 11.6 Å². The first-order valence-electron chi connectivity index (χ1n) is 8.48. The van der Waals surface area contributed by atoms with Gasteiger partial charge in [-0.1, -0.05) is 17.7 Å². The summed E-state index contributed by atoms with van der Waals surface area (Å²) < 4.78 is 18.7. The number of ether oxygens (including phenoxy) is 1. The minimum Gasteiger partial charge on any atom is -0.494 e. The monoisotopic (exact) mass is 356 g/mol. The fourth-order valence-electron chi connectivity index (χ4n) is 3.06. The molecule has 0 N–H and O–H groups in total. The molecule has 0 bridgehead atoms. The molecule has 6 heteroatoms. The molecule has 0 radical (unpaired) electrons. The quantitative estimate of drug-likeness (QED) is 0.850. The smallest absolute Gasteiger partial charge is 0.254 e. The van der Waals surface area contributed by atoms with Crippen molar-refractivity contribution in [1.29, 1.82) is 0 Å². The van der Waals surface area contributed by atoms with E-state index in [0.29, 0.717) is 31.7 Å². The lowest BCUT2D eigenvalue weighted by Crippen LogP contribution is -2.50. The standard InChI is InChI=1S/C20H21FN2O3/c1-14-4-3-5-15(12-14)19(24)22-8-10-23(11-9-22)20(25)16-6-7-18(26-2)17(21)13-16/h3-7,12-13H,8-11H2,1-2H3. The Morgan fingerprint density at radius 1 is 0.923 bits per heavy atom. The van der Waals surface area contributed by atoms with Crippen molar-refractivity contribution in [2.24, 2.45) is 0 Å². The van der Waals surface area contributed by atoms with E-state index in [1.54, 1.807) is 21.9 Å². The summed E-state index contributed by atoms with van der Waals surface area (Å²) in [5.41, 5.74) is 1.97. The molecular formula is C20H21FN2O3. The summed E-state index contributed by atoms with van der Waals surface area (Å²) >= 11 is 0. The average molecular weight is 356 g/mol. The van der Waals surface area contributed by atoms with E-state index in [1.165, 1.54) is 19.2 Å². The highest BCUT2D eigenvalue weighted by Gasteiger charge is 2.26. The second-order valence-corrected chi connectivity index (χ2v) is 6.30. The number of benzene rings is 2. The van der Waals surface area contributed by atoms with Crippen LogP contribution >= 0.6 is 0 Å². The molecule has 3 rings (SSSR count). The van der Waals surface area contributed by atoms with Crippen molar-refractivity contribution in [2.75, 3.05) is 33.3 Å². The van der Waals surface area contributed by atoms with Crippen LogP contribution < -0.4 is 4.74 Å². The average Bonchev–Trinajstić information content (AvgIpc) is 2.67. The normalized spacial score (nSPS) is 14.3. The molecule has 0 saturated carbocycles. The number of piperazine rings is 1. The van der Waals surface area contributed by atoms with Crippen LogP contribution in [-0.4, -0.2) is 54.9 Å². The zero-order valence-electron chi connectivity index (χ0n) is 14.9. The third-order valence-corrected chi connectivity index (χ3v) is 4.52. The van der Waals surface area contributed by atoms with Crippen LogP contribution in [-0.2, 0) is 0 Å². The molecule has 0 spiro atoms. The van der Waals surface area contributed by atoms with Crippen LogP contribution in [0.5, 0.6) is 5.75 Å². The van der Waals surface area contributed by atoms with Gasteiger partial charge in [0.05, 0.1) is 7.11 Å². The predicted octanol–water partition coefficient (Wildman–Crippen LogP) is 2.74. The van der Waals surface area contributed by atoms with Crippen molar-refractivity contribution in [2.45, 2.75) is 6.92 Å². The second kappa shape index (κ2) is 7.56. The van der Waals surface area contributed by atoms with Gasteiger partial charge in [-0.3, -0.25) is 9.59 Å². The number of halogens is 1. The number of methoxy groups -OCH3 is 1. The van der Waals surface area contributed by atoms with Crippen molar-refractivity contribution in [3.63, 3.8) is 0 Å². The Kier molecular flexibility index (Phi) is 5.21. The van der Waals surface area contributed by atoms with Gasteiger partial charge in [-0.15, -0.1) is 0 Å². The van der Waals surface area contributed by atoms with Gasteiger partial charge in [0.2, 0.25) is 0 Å². The first-order chi connectivity index (χ1) is 12.5. The zero-order chi connectivity index (χ0) is 18.7. The first kappa shape index (κ1) is 17.9. The van der Waals surface area contributed by atoms with Crippen molar-refractivity contribution < 1.29 is 18.7 Å². The van der Waals surface area contributed by atoms with Gasteiger partial charge in [-0.05, 0) is 37.3 Å². The largest absolute Gasteiger partial charge is 0.494 e. The number of aryl methyl sites for hydroxylation is 1. The van der Waals surface area contributed by atoms with E-state index in [9.17, 15) is 14.0 Å². The van der Waals surface area contributed by atoms with Gasteiger partial charge < -0.3 is 14.5 Å². The van der Waals surface area contributed by atoms with Crippen molar-refractivity contribution >= 4 is 11.8 Å². The lowest BCUT2D eigenvalue weighted by atomic mass is 10.1. The van der Waals surface area contributed by atoms with Crippen molar-refractivity contribution in [3.8, 4) is 5.75 Å². The highest BCUT2D eigenvalue weighted by Crippen LogP contribution is 2.19. The number of carbonyl (C=O) groups excluding carboxylic acids is 2. The molecular weight excluding hydrogens is 335 g/mol. The van der Waals surface area contributed by atoms with Gasteiger partial charge in [-0.2, -0.15) is 0 Å². The number of amides is 2. The van der Waals surface area contributed by atoms with E-state index < -0.39 is 5.82 Å². The summed E-state index contributed by atoms with van der Waals surface area (Å²) in [7, 11) is 1.38. The Hall–Kier alpha value is -2.89. The molecule has 1 fully saturated rings. The van der Waals surface area contributed by atoms with Crippen LogP contribution in [0.15, 0.2) is 42.5 Å². The van der Waals surface area contributed by atoms with Crippen LogP contribution in [0.1, 0.15) is 26.3 Å². The molecule has 1 heterocycles. The van der Waals surface area contributed by atoms with Gasteiger partial charge in [0.1, 0.15) is 0 Å². The predicted molar refractivity (Wildman–Crippen MR) is 95.9 cm³/mol. The molecule has 0 unspecified atom stereocenters. The fourth-order valence-corrected chi connectivity index (χ4v) is 3.06. The van der Waals surface area contributed by atoms with E-state index in [-0.39, 0.29) is 23.1 Å². The molecule has 1 aliphatic heterocycles. The van der Waals surface area contributed by atoms with E-state index in [1.807, 2.05) is 25.1 Å². The Balaban J connectivity index is 1.63. The topological polar surface area (TPSA) is 49.9 Å². The summed E-state index contributed by atoms with van der Waals surface area (Å²) in [5.74, 6) is -0.729. The maximum absolute atomic E-state index is 13.8. The van der Waals surface area contributed by atoms with Gasteiger partial charge in [0, 0.05) is 37.3 Å². The summed E-state index contributed by atoms with van der Waals surface area (Å²) in [6.07, 6.45) is 0. The Morgan fingerprint density at radius 2 is 1.50 bits per heavy atom. The molecule has 136 valence electrons. The number of rotatable bonds is 3. The number of hydrogen-bond acceptors (Lipinski definition) is 3. The summed E-state index contributed by atoms with van der Waals surface area (Å²) in [6, 6.07) is 11.6. The minimum atomic E-state index is -0.563. The highest BCUT2D eigenvalue weighted by atomic mass is 19.1. The maximum Gasteiger partial charge on any atom is 0.254 e. The highest BCUT2D eigenvalue weighted by molar-refractivity contribution is 5.96. The van der Waals surface area contributed by atoms with E-state index in [4.69, 9.17) is 4.74 Å². The van der Waals surface area contributed by atoms with Crippen molar-refractivity contribution in [1.82, 2.24) is 9.80 Å². The molecule has 1 aliphatic rings. The molecule has 1 saturated heterocycles. The third kappa shape index (κ3) is 3.69. The summed E-state index contributed by atoms with van der Waals surface area (Å²) in [5, 5.41) is 0. The van der Waals surface area contributed by atoms with E-state index >= 15 is 0 Å². The Morgan fingerprint density at radius 3 is 2.00 bits per heavy atom. The number of hydrogen-bond donors (Lipinski definition) is 0. The lowest BCUT2D eigenvalue weighted by molar-refractivity contribution is 0.0535. The number of carbonyl (C=O) groups is 2. The summed E-state index contributed by atoms with van der Waals surface area (Å²) in [6.45, 7) is 3.70. The van der Waals surface area contributed by atoms with Crippen LogP contribution in [0.25, 0.3) is 0 Å². The lowest BCUT2D eigenvalue weighted by Gasteiger charge is -2.35. The van der Waals surface area contributed by atoms with E-state index in [0.717, 1.165) is 5.56 Å². The van der Waals surface area contributed by atoms with Crippen LogP contribution in [0.3, 0.4) is 0 Å². The third-order valence-electron chi connectivity index (χ3n) is 4.52. The second-order valence-electron chi connectivity index (χ2n) is 6.30. The zero-order valence-corrected chi connectivity index (χ0v) is 14.9. The Labute approximate surface area is 152 Å². The molecule has 2 amide bonds. The Bertz CT molecular complexity index is 830.